The van der Waals surface area contributed by atoms with E-state index in [0.717, 1.165) is 17.5 Å². The van der Waals surface area contributed by atoms with Crippen LogP contribution < -0.4 is 47.3 Å². The predicted molar refractivity (Wildman–Crippen MR) is 297 cm³/mol. The molecule has 0 radical (unpaired) electrons. The maximum Gasteiger partial charge on any atom is 1.00 e. The fraction of sp³-hybridized carbons (Fsp3) is 0.0968. The summed E-state index contributed by atoms with van der Waals surface area (Å²) in [6.45, 7) is 9.44. The Bertz CT molecular complexity index is 3010. The molecule has 340 valence electrons. The Labute approximate surface area is 441 Å². The summed E-state index contributed by atoms with van der Waals surface area (Å²) in [6.07, 6.45) is 25.3. The smallest absolute Gasteiger partial charge is 0.366 e. The Hall–Kier alpha value is -4.87. The van der Waals surface area contributed by atoms with Gasteiger partial charge in [0.05, 0.1) is 35.0 Å². The second-order valence-electron chi connectivity index (χ2n) is 18.1. The number of rotatable bonds is 6. The summed E-state index contributed by atoms with van der Waals surface area (Å²) < 4.78 is 0. The quantitative estimate of drug-likeness (QED) is 0.0674. The van der Waals surface area contributed by atoms with E-state index >= 15 is 0 Å². The summed E-state index contributed by atoms with van der Waals surface area (Å²) in [6, 6.07) is 72.5. The minimum absolute atomic E-state index is 0. The van der Waals surface area contributed by atoms with Crippen LogP contribution in [0.25, 0.3) is 22.3 Å². The summed E-state index contributed by atoms with van der Waals surface area (Å²) in [7, 11) is -5.37. The topological polar surface area (TPSA) is 0 Å². The van der Waals surface area contributed by atoms with Crippen LogP contribution in [-0.2, 0) is 44.8 Å². The first-order valence-electron chi connectivity index (χ1n) is 22.9. The van der Waals surface area contributed by atoms with Gasteiger partial charge in [-0.1, -0.05) is 184 Å². The van der Waals surface area contributed by atoms with Crippen LogP contribution in [0.5, 0.6) is 0 Å². The Balaban J connectivity index is 0.000000161. The fourth-order valence-electron chi connectivity index (χ4n) is 10.5. The van der Waals surface area contributed by atoms with Crippen molar-refractivity contribution in [3.8, 4) is 34.1 Å². The van der Waals surface area contributed by atoms with Gasteiger partial charge < -0.3 is 12.8 Å². The minimum atomic E-state index is -1.63. The van der Waals surface area contributed by atoms with Gasteiger partial charge in [0.2, 0.25) is 0 Å². The van der Waals surface area contributed by atoms with E-state index in [1.807, 2.05) is 24.3 Å². The molecule has 0 aromatic heterocycles. The van der Waals surface area contributed by atoms with Crippen molar-refractivity contribution in [3.05, 3.63) is 248 Å². The SMILES string of the molecule is C1=CCC([PH+](c2ccccc2)c2ccccc2[PH+](c2ccccc2)c2ccccc2)C=C1.[Au+].[Au+].[C-]#Cc1cccc2c1[Si](C)(C)c1ccccc1-2.[C-]#Cc1cccc2c1[Si](C)(C)c1ccccc1-2. The zero-order valence-corrected chi connectivity index (χ0v) is 47.1. The Morgan fingerprint density at radius 1 is 0.426 bits per heavy atom. The summed E-state index contributed by atoms with van der Waals surface area (Å²) >= 11 is 0. The maximum atomic E-state index is 7.47. The summed E-state index contributed by atoms with van der Waals surface area (Å²) in [5.41, 5.74) is 7.84. The van der Waals surface area contributed by atoms with Crippen molar-refractivity contribution in [2.75, 3.05) is 0 Å². The minimum Gasteiger partial charge on any atom is -0.366 e. The molecule has 2 heterocycles. The molecule has 0 nitrogen and oxygen atoms in total. The van der Waals surface area contributed by atoms with Crippen molar-refractivity contribution >= 4 is 79.3 Å². The van der Waals surface area contributed by atoms with E-state index in [0.29, 0.717) is 5.66 Å². The third-order valence-corrected chi connectivity index (χ3v) is 26.8. The van der Waals surface area contributed by atoms with Crippen LogP contribution in [0.15, 0.2) is 224 Å². The molecule has 6 heteroatoms. The monoisotopic (exact) mass is 1310 g/mol. The average molecular weight is 1310 g/mol. The van der Waals surface area contributed by atoms with Crippen LogP contribution in [0.3, 0.4) is 0 Å². The molecule has 0 bridgehead atoms. The molecule has 0 N–H and O–H groups in total. The van der Waals surface area contributed by atoms with Gasteiger partial charge in [0, 0.05) is 6.42 Å². The average Bonchev–Trinajstić information content (AvgIpc) is 3.76. The molecule has 2 unspecified atom stereocenters. The van der Waals surface area contributed by atoms with Crippen LogP contribution in [-0.4, -0.2) is 21.8 Å². The third kappa shape index (κ3) is 10.1. The van der Waals surface area contributed by atoms with Crippen molar-refractivity contribution in [2.45, 2.75) is 38.3 Å². The van der Waals surface area contributed by atoms with Gasteiger partial charge in [-0.05, 0) is 87.2 Å². The van der Waals surface area contributed by atoms with Gasteiger partial charge in [0.25, 0.3) is 0 Å². The van der Waals surface area contributed by atoms with E-state index in [-0.39, 0.29) is 44.8 Å². The van der Waals surface area contributed by atoms with Crippen molar-refractivity contribution in [1.29, 1.82) is 0 Å². The van der Waals surface area contributed by atoms with Crippen molar-refractivity contribution < 1.29 is 44.8 Å². The fourth-order valence-corrected chi connectivity index (χ4v) is 23.7. The molecule has 8 aromatic carbocycles. The second-order valence-corrected chi connectivity index (χ2v) is 31.8. The van der Waals surface area contributed by atoms with Crippen LogP contribution in [0.1, 0.15) is 17.5 Å². The molecule has 0 fully saturated rings. The van der Waals surface area contributed by atoms with E-state index in [4.69, 9.17) is 12.8 Å². The first-order valence-corrected chi connectivity index (χ1v) is 32.0. The van der Waals surface area contributed by atoms with E-state index in [2.05, 4.69) is 238 Å². The van der Waals surface area contributed by atoms with Crippen molar-refractivity contribution in [2.24, 2.45) is 0 Å². The molecule has 0 saturated carbocycles. The molecule has 0 saturated heterocycles. The second kappa shape index (κ2) is 22.7. The molecule has 2 atom stereocenters. The Morgan fingerprint density at radius 3 is 1.26 bits per heavy atom. The molecule has 68 heavy (non-hydrogen) atoms. The van der Waals surface area contributed by atoms with Crippen LogP contribution in [0.2, 0.25) is 26.2 Å². The number of benzene rings is 8. The van der Waals surface area contributed by atoms with E-state index in [1.54, 1.807) is 5.30 Å². The van der Waals surface area contributed by atoms with Gasteiger partial charge in [-0.3, -0.25) is 11.8 Å². The van der Waals surface area contributed by atoms with Gasteiger partial charge in [0.1, 0.15) is 29.1 Å². The van der Waals surface area contributed by atoms with Gasteiger partial charge in [0.15, 0.2) is 0 Å². The van der Waals surface area contributed by atoms with Crippen LogP contribution in [0, 0.1) is 24.7 Å². The number of hydrogen-bond acceptors (Lipinski definition) is 0. The van der Waals surface area contributed by atoms with E-state index < -0.39 is 32.0 Å². The normalized spacial score (nSPS) is 15.1. The molecule has 0 amide bonds. The first-order chi connectivity index (χ1) is 32.2. The van der Waals surface area contributed by atoms with Gasteiger partial charge in [-0.25, -0.2) is 0 Å². The van der Waals surface area contributed by atoms with Gasteiger partial charge >= 0.3 is 44.8 Å². The number of hydrogen-bond donors (Lipinski definition) is 0. The zero-order chi connectivity index (χ0) is 45.7. The Kier molecular flexibility index (Phi) is 17.0. The standard InChI is InChI=1S/C30H26P2.2C16H13Si.2Au/c1-5-15-25(16-6-1)31(26-17-7-2-8-18-26)29-23-13-14-24-30(29)32(27-19-9-3-10-20-27)28-21-11-4-12-22-28;2*1-4-12-8-7-10-14-13-9-5-6-11-15(13)17(2,3)16(12)14;;/h1-21,23-24,28H,22H2;2*5-11H,2-3H3;;/q;2*-1;2*+1/p+2. The maximum absolute atomic E-state index is 7.47. The van der Waals surface area contributed by atoms with Crippen molar-refractivity contribution in [3.63, 3.8) is 0 Å². The first kappa shape index (κ1) is 51.0. The van der Waals surface area contributed by atoms with Crippen LogP contribution >= 0.6 is 15.8 Å². The number of allylic oxidation sites excluding steroid dienone is 4. The third-order valence-electron chi connectivity index (χ3n) is 13.5. The van der Waals surface area contributed by atoms with Gasteiger partial charge in [-0.2, -0.15) is 0 Å². The summed E-state index contributed by atoms with van der Waals surface area (Å²) in [5, 5.41) is 13.2. The van der Waals surface area contributed by atoms with Gasteiger partial charge in [-0.15, -0.1) is 33.6 Å². The summed E-state index contributed by atoms with van der Waals surface area (Å²) in [4.78, 5) is 0. The molecule has 3 aliphatic rings. The summed E-state index contributed by atoms with van der Waals surface area (Å²) in [5.74, 6) is 5.21. The van der Waals surface area contributed by atoms with Crippen molar-refractivity contribution in [1.82, 2.24) is 0 Å². The zero-order valence-electron chi connectivity index (χ0n) is 38.7. The molecule has 2 aliphatic heterocycles. The molecular formula is C62H54Au2P2Si2+2. The molecule has 0 spiro atoms. The molecule has 8 aromatic rings. The number of fused-ring (bicyclic) bond motifs is 6. The molecule has 1 aliphatic carbocycles. The Morgan fingerprint density at radius 2 is 0.824 bits per heavy atom. The molecule has 11 rings (SSSR count). The largest absolute Gasteiger partial charge is 1.00 e. The molecular weight excluding hydrogens is 1260 g/mol. The van der Waals surface area contributed by atoms with E-state index in [1.165, 1.54) is 64.2 Å². The van der Waals surface area contributed by atoms with Crippen LogP contribution in [0.4, 0.5) is 0 Å². The predicted octanol–water partition coefficient (Wildman–Crippen LogP) is 10.1. The van der Waals surface area contributed by atoms with E-state index in [9.17, 15) is 0 Å².